The molecular weight excluding hydrogens is 511 g/mol. The first-order valence-electron chi connectivity index (χ1n) is 7.12. The Balaban J connectivity index is 8.34. The van der Waals surface area contributed by atoms with E-state index in [1.807, 2.05) is 0 Å². The van der Waals surface area contributed by atoms with E-state index in [1.54, 1.807) is 0 Å². The summed E-state index contributed by atoms with van der Waals surface area (Å²) in [6.45, 7) is 1.51. The van der Waals surface area contributed by atoms with Crippen LogP contribution in [0.4, 0.5) is 74.6 Å². The molecule has 18 heteroatoms. The molecule has 0 saturated heterocycles. The smallest absolute Gasteiger partial charge is 0.218 e. The van der Waals surface area contributed by atoms with Gasteiger partial charge in [0.25, 0.3) is 0 Å². The van der Waals surface area contributed by atoms with E-state index >= 15 is 0 Å². The Hall–Kier alpha value is -1.10. The van der Waals surface area contributed by atoms with Gasteiger partial charge in [0.15, 0.2) is 0 Å². The maximum absolute atomic E-state index is 14.3. The van der Waals surface area contributed by atoms with Crippen LogP contribution in [0.25, 0.3) is 0 Å². The van der Waals surface area contributed by atoms with Crippen LogP contribution in [0.5, 0.6) is 0 Å². The molecule has 0 nitrogen and oxygen atoms in total. The van der Waals surface area contributed by atoms with E-state index in [4.69, 9.17) is 0 Å². The minimum Gasteiger partial charge on any atom is -0.218 e. The molecule has 0 aliphatic heterocycles. The van der Waals surface area contributed by atoms with Gasteiger partial charge >= 0.3 is 42.2 Å². The second kappa shape index (κ2) is 7.74. The maximum Gasteiger partial charge on any atom is 0.435 e. The third-order valence-corrected chi connectivity index (χ3v) is 4.40. The van der Waals surface area contributed by atoms with E-state index in [1.165, 1.54) is 0 Å². The summed E-state index contributed by atoms with van der Waals surface area (Å²) in [4.78, 5) is -4.03. The van der Waals surface area contributed by atoms with Crippen LogP contribution >= 0.6 is 11.8 Å². The summed E-state index contributed by atoms with van der Waals surface area (Å²) in [5.74, 6) is 0. The lowest BCUT2D eigenvalue weighted by atomic mass is 9.80. The third-order valence-electron chi connectivity index (χ3n) is 3.14. The fraction of sp³-hybridized carbons (Fsp3) is 0.846. The van der Waals surface area contributed by atoms with E-state index in [2.05, 4.69) is 0 Å². The Labute approximate surface area is 165 Å². The quantitative estimate of drug-likeness (QED) is 0.340. The number of halogens is 17. The fourth-order valence-electron chi connectivity index (χ4n) is 2.00. The molecule has 0 N–H and O–H groups in total. The molecule has 0 heterocycles. The molecule has 31 heavy (non-hydrogen) atoms. The van der Waals surface area contributed by atoms with Crippen molar-refractivity contribution in [1.82, 2.24) is 0 Å². The lowest BCUT2D eigenvalue weighted by Crippen LogP contribution is -2.66. The van der Waals surface area contributed by atoms with Crippen molar-refractivity contribution in [3.05, 3.63) is 10.5 Å². The normalized spacial score (nSPS) is 15.9. The highest BCUT2D eigenvalue weighted by Gasteiger charge is 2.87. The van der Waals surface area contributed by atoms with E-state index in [9.17, 15) is 74.6 Å². The van der Waals surface area contributed by atoms with Crippen LogP contribution in [0.1, 0.15) is 20.8 Å². The van der Waals surface area contributed by atoms with E-state index < -0.39 is 69.2 Å². The molecule has 0 aliphatic carbocycles. The predicted molar refractivity (Wildman–Crippen MR) is 72.3 cm³/mol. The summed E-state index contributed by atoms with van der Waals surface area (Å²) in [5.41, 5.74) is -21.3. The zero-order valence-electron chi connectivity index (χ0n) is 14.8. The molecule has 0 rings (SSSR count). The van der Waals surface area contributed by atoms with Crippen LogP contribution in [0, 0.1) is 0 Å². The maximum atomic E-state index is 14.3. The van der Waals surface area contributed by atoms with Crippen molar-refractivity contribution in [2.45, 2.75) is 67.7 Å². The number of allylic oxidation sites excluding steroid dienone is 2. The molecule has 0 bridgehead atoms. The van der Waals surface area contributed by atoms with Crippen molar-refractivity contribution in [3.8, 4) is 0 Å². The number of rotatable bonds is 3. The second-order valence-electron chi connectivity index (χ2n) is 6.72. The van der Waals surface area contributed by atoms with Gasteiger partial charge in [0, 0.05) is 4.75 Å². The minimum absolute atomic E-state index is 0.503. The molecule has 0 saturated carbocycles. The molecule has 0 fully saturated rings. The topological polar surface area (TPSA) is 0 Å². The lowest BCUT2D eigenvalue weighted by Gasteiger charge is -2.42. The van der Waals surface area contributed by atoms with Crippen molar-refractivity contribution < 1.29 is 74.6 Å². The summed E-state index contributed by atoms with van der Waals surface area (Å²) in [6, 6.07) is 0. The van der Waals surface area contributed by atoms with Gasteiger partial charge in [-0.2, -0.15) is 65.9 Å². The molecule has 0 radical (unpaired) electrons. The van der Waals surface area contributed by atoms with Gasteiger partial charge < -0.3 is 0 Å². The van der Waals surface area contributed by atoms with Crippen LogP contribution in [0.2, 0.25) is 0 Å². The monoisotopic (exact) mass is 520 g/mol. The summed E-state index contributed by atoms with van der Waals surface area (Å²) >= 11 is -1.49. The van der Waals surface area contributed by atoms with Crippen LogP contribution in [0.15, 0.2) is 10.5 Å². The van der Waals surface area contributed by atoms with E-state index in [0.717, 1.165) is 0 Å². The first-order chi connectivity index (χ1) is 13.0. The number of alkyl halides is 17. The third kappa shape index (κ3) is 5.46. The van der Waals surface area contributed by atoms with Gasteiger partial charge in [-0.15, -0.1) is 11.8 Å². The average Bonchev–Trinajstić information content (AvgIpc) is 2.38. The minimum atomic E-state index is -8.04. The van der Waals surface area contributed by atoms with Crippen molar-refractivity contribution in [3.63, 3.8) is 0 Å². The molecule has 0 aromatic carbocycles. The summed E-state index contributed by atoms with van der Waals surface area (Å²) < 4.78 is 221. The summed E-state index contributed by atoms with van der Waals surface area (Å²) in [7, 11) is 0. The van der Waals surface area contributed by atoms with Gasteiger partial charge in [-0.05, 0) is 0 Å². The zero-order valence-corrected chi connectivity index (χ0v) is 15.7. The predicted octanol–water partition coefficient (Wildman–Crippen LogP) is 8.00. The van der Waals surface area contributed by atoms with Gasteiger partial charge in [0.05, 0.1) is 10.5 Å². The highest BCUT2D eigenvalue weighted by atomic mass is 32.2. The van der Waals surface area contributed by atoms with Crippen molar-refractivity contribution >= 4 is 11.8 Å². The molecule has 0 aromatic rings. The highest BCUT2D eigenvalue weighted by molar-refractivity contribution is 8.04. The second-order valence-corrected chi connectivity index (χ2v) is 8.56. The zero-order chi connectivity index (χ0) is 25.9. The molecule has 0 spiro atoms. The van der Waals surface area contributed by atoms with Crippen LogP contribution in [-0.4, -0.2) is 47.0 Å². The number of thioether (sulfide) groups is 1. The number of hydrogen-bond acceptors (Lipinski definition) is 1. The van der Waals surface area contributed by atoms with Crippen LogP contribution in [0.3, 0.4) is 0 Å². The molecular formula is C13H9F17S. The Morgan fingerprint density at radius 3 is 0.806 bits per heavy atom. The largest absolute Gasteiger partial charge is 0.435 e. The Morgan fingerprint density at radius 1 is 0.452 bits per heavy atom. The molecule has 0 atom stereocenters. The number of hydrogen-bond donors (Lipinski definition) is 0. The SMILES string of the molecule is CC(C)(C)SC(=C(C(F)(C(F)(F)F)C(F)(F)F)C(F)(C(F)(F)F)C(F)(F)F)C(F)(F)F. The van der Waals surface area contributed by atoms with Gasteiger partial charge in [-0.1, -0.05) is 20.8 Å². The molecule has 0 aromatic heterocycles. The van der Waals surface area contributed by atoms with Crippen LogP contribution in [-0.2, 0) is 0 Å². The van der Waals surface area contributed by atoms with Crippen LogP contribution < -0.4 is 0 Å². The van der Waals surface area contributed by atoms with Gasteiger partial charge in [-0.25, -0.2) is 8.78 Å². The Morgan fingerprint density at radius 2 is 0.677 bits per heavy atom. The lowest BCUT2D eigenvalue weighted by molar-refractivity contribution is -0.364. The first-order valence-corrected chi connectivity index (χ1v) is 7.94. The van der Waals surface area contributed by atoms with Gasteiger partial charge in [-0.3, -0.25) is 0 Å². The average molecular weight is 520 g/mol. The van der Waals surface area contributed by atoms with Crippen molar-refractivity contribution in [2.24, 2.45) is 0 Å². The van der Waals surface area contributed by atoms with Gasteiger partial charge in [0.2, 0.25) is 0 Å². The fourth-order valence-corrected chi connectivity index (χ4v) is 3.11. The molecule has 186 valence electrons. The molecule has 0 amide bonds. The van der Waals surface area contributed by atoms with Crippen molar-refractivity contribution in [2.75, 3.05) is 0 Å². The van der Waals surface area contributed by atoms with Gasteiger partial charge in [0.1, 0.15) is 0 Å². The first kappa shape index (κ1) is 29.9. The highest BCUT2D eigenvalue weighted by Crippen LogP contribution is 2.64. The summed E-state index contributed by atoms with van der Waals surface area (Å²) in [5, 5.41) is 0. The summed E-state index contributed by atoms with van der Waals surface area (Å²) in [6.07, 6.45) is -38.6. The van der Waals surface area contributed by atoms with E-state index in [0.29, 0.717) is 20.8 Å². The van der Waals surface area contributed by atoms with Crippen molar-refractivity contribution in [1.29, 1.82) is 0 Å². The molecule has 0 unspecified atom stereocenters. The Bertz CT molecular complexity index is 608. The Kier molecular flexibility index (Phi) is 7.47. The standard InChI is InChI=1S/C13H9F17S/c1-6(2,3)31-5(9(16,17)18)4(7(14,10(19,20)21)11(22,23)24)8(15,12(25,26)27)13(28,29)30/h1-3H3. The molecule has 0 aliphatic rings. The van der Waals surface area contributed by atoms with E-state index in [-0.39, 0.29) is 0 Å².